The molecule has 0 saturated carbocycles. The van der Waals surface area contributed by atoms with Crippen molar-refractivity contribution < 1.29 is 5.11 Å². The van der Waals surface area contributed by atoms with E-state index in [0.29, 0.717) is 6.04 Å². The van der Waals surface area contributed by atoms with Gasteiger partial charge in [0.1, 0.15) is 0 Å². The predicted molar refractivity (Wildman–Crippen MR) is 85.3 cm³/mol. The average Bonchev–Trinajstić information content (AvgIpc) is 2.97. The molecule has 0 amide bonds. The Labute approximate surface area is 126 Å². The van der Waals surface area contributed by atoms with Gasteiger partial charge in [-0.2, -0.15) is 5.10 Å². The van der Waals surface area contributed by atoms with Gasteiger partial charge in [-0.15, -0.1) is 0 Å². The van der Waals surface area contributed by atoms with Gasteiger partial charge >= 0.3 is 0 Å². The number of aliphatic hydroxyl groups excluding tert-OH is 1. The van der Waals surface area contributed by atoms with Crippen molar-refractivity contribution >= 4 is 0 Å². The molecule has 0 radical (unpaired) electrons. The van der Waals surface area contributed by atoms with E-state index in [2.05, 4.69) is 55.5 Å². The Hall–Kier alpha value is -1.65. The molecule has 4 heteroatoms. The van der Waals surface area contributed by atoms with E-state index in [1.165, 1.54) is 5.56 Å². The topological polar surface area (TPSA) is 50.1 Å². The van der Waals surface area contributed by atoms with Crippen LogP contribution in [0.5, 0.6) is 0 Å². The molecule has 2 rings (SSSR count). The summed E-state index contributed by atoms with van der Waals surface area (Å²) in [5.74, 6) is 0. The molecule has 0 fully saturated rings. The summed E-state index contributed by atoms with van der Waals surface area (Å²) in [5.41, 5.74) is 2.43. The fourth-order valence-electron chi connectivity index (χ4n) is 2.40. The van der Waals surface area contributed by atoms with Gasteiger partial charge in [-0.1, -0.05) is 32.9 Å². The lowest BCUT2D eigenvalue weighted by Crippen LogP contribution is -2.40. The normalized spacial score (nSPS) is 13.3. The monoisotopic (exact) mass is 287 g/mol. The fraction of sp³-hybridized carbons (Fsp3) is 0.471. The largest absolute Gasteiger partial charge is 0.396 e. The van der Waals surface area contributed by atoms with Crippen LogP contribution in [0, 0.1) is 5.41 Å². The highest BCUT2D eigenvalue weighted by Gasteiger charge is 2.23. The summed E-state index contributed by atoms with van der Waals surface area (Å²) in [4.78, 5) is 0. The molecule has 1 unspecified atom stereocenters. The van der Waals surface area contributed by atoms with Gasteiger partial charge < -0.3 is 10.4 Å². The third-order valence-electron chi connectivity index (χ3n) is 3.72. The molecule has 1 heterocycles. The molecular weight excluding hydrogens is 262 g/mol. The molecule has 21 heavy (non-hydrogen) atoms. The molecule has 0 bridgehead atoms. The van der Waals surface area contributed by atoms with Gasteiger partial charge in [0.2, 0.25) is 0 Å². The van der Waals surface area contributed by atoms with Crippen LogP contribution < -0.4 is 5.32 Å². The van der Waals surface area contributed by atoms with E-state index in [1.807, 2.05) is 16.9 Å². The smallest absolute Gasteiger partial charge is 0.0645 e. The number of hydrogen-bond acceptors (Lipinski definition) is 3. The molecule has 2 aromatic rings. The van der Waals surface area contributed by atoms with Gasteiger partial charge in [0, 0.05) is 31.6 Å². The molecule has 2 N–H and O–H groups in total. The second kappa shape index (κ2) is 6.87. The summed E-state index contributed by atoms with van der Waals surface area (Å²) in [5, 5.41) is 17.0. The van der Waals surface area contributed by atoms with Crippen LogP contribution in [0.25, 0.3) is 5.69 Å². The van der Waals surface area contributed by atoms with Crippen molar-refractivity contribution in [2.75, 3.05) is 6.61 Å². The zero-order valence-electron chi connectivity index (χ0n) is 13.1. The van der Waals surface area contributed by atoms with Crippen LogP contribution in [0.4, 0.5) is 0 Å². The Morgan fingerprint density at radius 1 is 1.24 bits per heavy atom. The lowest BCUT2D eigenvalue weighted by Gasteiger charge is -2.31. The predicted octanol–water partition coefficient (Wildman–Crippen LogP) is 2.76. The lowest BCUT2D eigenvalue weighted by molar-refractivity contribution is 0.196. The molecule has 1 atom stereocenters. The molecule has 114 valence electrons. The van der Waals surface area contributed by atoms with Crippen molar-refractivity contribution in [2.24, 2.45) is 5.41 Å². The van der Waals surface area contributed by atoms with Crippen LogP contribution in [0.3, 0.4) is 0 Å². The van der Waals surface area contributed by atoms with E-state index in [0.717, 1.165) is 18.7 Å². The summed E-state index contributed by atoms with van der Waals surface area (Å²) in [7, 11) is 0. The molecule has 0 aliphatic rings. The number of nitrogens with zero attached hydrogens (tertiary/aromatic N) is 2. The molecule has 0 aliphatic carbocycles. The van der Waals surface area contributed by atoms with Gasteiger partial charge in [0.25, 0.3) is 0 Å². The summed E-state index contributed by atoms with van der Waals surface area (Å²) in [6.45, 7) is 7.61. The minimum atomic E-state index is 0.137. The van der Waals surface area contributed by atoms with Gasteiger partial charge in [0.05, 0.1) is 5.69 Å². The van der Waals surface area contributed by atoms with E-state index >= 15 is 0 Å². The first-order valence-corrected chi connectivity index (χ1v) is 7.44. The zero-order valence-corrected chi connectivity index (χ0v) is 13.1. The van der Waals surface area contributed by atoms with Crippen molar-refractivity contribution in [1.82, 2.24) is 15.1 Å². The number of rotatable bonds is 6. The number of nitrogens with one attached hydrogen (secondary N) is 1. The van der Waals surface area contributed by atoms with Crippen LogP contribution in [-0.2, 0) is 6.54 Å². The van der Waals surface area contributed by atoms with Crippen molar-refractivity contribution in [3.8, 4) is 5.69 Å². The lowest BCUT2D eigenvalue weighted by atomic mass is 9.85. The van der Waals surface area contributed by atoms with E-state index in [4.69, 9.17) is 0 Å². The Morgan fingerprint density at radius 2 is 1.95 bits per heavy atom. The minimum Gasteiger partial charge on any atom is -0.396 e. The molecule has 4 nitrogen and oxygen atoms in total. The number of hydrogen-bond donors (Lipinski definition) is 2. The molecular formula is C17H25N3O. The summed E-state index contributed by atoms with van der Waals surface area (Å²) < 4.78 is 1.85. The van der Waals surface area contributed by atoms with Crippen molar-refractivity contribution in [2.45, 2.75) is 39.8 Å². The van der Waals surface area contributed by atoms with Crippen LogP contribution in [0.1, 0.15) is 32.8 Å². The minimum absolute atomic E-state index is 0.137. The van der Waals surface area contributed by atoms with E-state index in [-0.39, 0.29) is 12.0 Å². The SMILES string of the molecule is CC(C)(C)C(CCO)NCc1ccc(-n2cccn2)cc1. The Morgan fingerprint density at radius 3 is 2.48 bits per heavy atom. The van der Waals surface area contributed by atoms with Crippen LogP contribution >= 0.6 is 0 Å². The number of aromatic nitrogens is 2. The van der Waals surface area contributed by atoms with Crippen LogP contribution in [0.15, 0.2) is 42.7 Å². The van der Waals surface area contributed by atoms with Crippen molar-refractivity contribution in [3.05, 3.63) is 48.3 Å². The van der Waals surface area contributed by atoms with Crippen molar-refractivity contribution in [1.29, 1.82) is 0 Å². The van der Waals surface area contributed by atoms with Crippen LogP contribution in [0.2, 0.25) is 0 Å². The van der Waals surface area contributed by atoms with E-state index < -0.39 is 0 Å². The first kappa shape index (κ1) is 15.7. The Kier molecular flexibility index (Phi) is 5.15. The second-order valence-corrected chi connectivity index (χ2v) is 6.43. The van der Waals surface area contributed by atoms with Gasteiger partial charge in [0.15, 0.2) is 0 Å². The van der Waals surface area contributed by atoms with E-state index in [1.54, 1.807) is 6.20 Å². The first-order chi connectivity index (χ1) is 10.0. The Balaban J connectivity index is 1.97. The van der Waals surface area contributed by atoms with Gasteiger partial charge in [-0.25, -0.2) is 4.68 Å². The third kappa shape index (κ3) is 4.41. The van der Waals surface area contributed by atoms with Gasteiger partial charge in [-0.05, 0) is 35.6 Å². The van der Waals surface area contributed by atoms with Crippen LogP contribution in [-0.4, -0.2) is 27.5 Å². The molecule has 1 aromatic heterocycles. The summed E-state index contributed by atoms with van der Waals surface area (Å²) >= 11 is 0. The molecule has 0 spiro atoms. The Bertz CT molecular complexity index is 526. The van der Waals surface area contributed by atoms with Crippen molar-refractivity contribution in [3.63, 3.8) is 0 Å². The maximum Gasteiger partial charge on any atom is 0.0645 e. The molecule has 1 aromatic carbocycles. The number of benzene rings is 1. The summed E-state index contributed by atoms with van der Waals surface area (Å²) in [6.07, 6.45) is 4.48. The maximum absolute atomic E-state index is 9.19. The highest BCUT2D eigenvalue weighted by molar-refractivity contribution is 5.33. The standard InChI is InChI=1S/C17H25N3O/c1-17(2,3)16(9-12-21)18-13-14-5-7-15(8-6-14)20-11-4-10-19-20/h4-8,10-11,16,18,21H,9,12-13H2,1-3H3. The average molecular weight is 287 g/mol. The second-order valence-electron chi connectivity index (χ2n) is 6.43. The van der Waals surface area contributed by atoms with E-state index in [9.17, 15) is 5.11 Å². The highest BCUT2D eigenvalue weighted by Crippen LogP contribution is 2.22. The molecule has 0 saturated heterocycles. The maximum atomic E-state index is 9.19. The molecule has 0 aliphatic heterocycles. The van der Waals surface area contributed by atoms with Gasteiger partial charge in [-0.3, -0.25) is 0 Å². The third-order valence-corrected chi connectivity index (χ3v) is 3.72. The highest BCUT2D eigenvalue weighted by atomic mass is 16.3. The quantitative estimate of drug-likeness (QED) is 0.859. The fourth-order valence-corrected chi connectivity index (χ4v) is 2.40. The zero-order chi connectivity index (χ0) is 15.3. The summed E-state index contributed by atoms with van der Waals surface area (Å²) in [6, 6.07) is 10.6. The number of aliphatic hydroxyl groups is 1. The first-order valence-electron chi connectivity index (χ1n) is 7.44.